The molecule has 2 aromatic rings. The monoisotopic (exact) mass is 386 g/mol. The first kappa shape index (κ1) is 17.2. The number of carbonyl (C=O) groups is 1. The Morgan fingerprint density at radius 3 is 2.33 bits per heavy atom. The van der Waals surface area contributed by atoms with Crippen molar-refractivity contribution in [3.63, 3.8) is 0 Å². The van der Waals surface area contributed by atoms with E-state index in [4.69, 9.17) is 0 Å². The van der Waals surface area contributed by atoms with Gasteiger partial charge in [0.15, 0.2) is 0 Å². The predicted octanol–water partition coefficient (Wildman–Crippen LogP) is 4.51. The highest BCUT2D eigenvalue weighted by Crippen LogP contribution is 2.26. The molecular formula is C20H23BrN2O. The van der Waals surface area contributed by atoms with Crippen molar-refractivity contribution in [3.05, 3.63) is 70.2 Å². The molecule has 2 N–H and O–H groups in total. The summed E-state index contributed by atoms with van der Waals surface area (Å²) in [7, 11) is 0. The van der Waals surface area contributed by atoms with E-state index in [-0.39, 0.29) is 18.0 Å². The molecule has 4 heteroatoms. The standard InChI is InChI=1S/C20H23BrN2O/c1-2-18(14-8-10-16(21)11-9-14)23-19(15-6-4-3-5-7-15)20(24)22-17-12-13-17/h3-11,17-19,23H,2,12-13H2,1H3,(H,22,24)/t18-,19-/m1/s1. The SMILES string of the molecule is CC[C@@H](N[C@@H](C(=O)NC1CC1)c1ccccc1)c1ccc(Br)cc1. The van der Waals surface area contributed by atoms with E-state index in [0.29, 0.717) is 6.04 Å². The molecule has 0 aliphatic heterocycles. The molecular weight excluding hydrogens is 364 g/mol. The number of hydrogen-bond acceptors (Lipinski definition) is 2. The maximum atomic E-state index is 12.7. The summed E-state index contributed by atoms with van der Waals surface area (Å²) in [5.74, 6) is 0.0688. The number of carbonyl (C=O) groups excluding carboxylic acids is 1. The molecule has 126 valence electrons. The summed E-state index contributed by atoms with van der Waals surface area (Å²) in [5, 5.41) is 6.69. The van der Waals surface area contributed by atoms with Crippen molar-refractivity contribution in [1.29, 1.82) is 0 Å². The van der Waals surface area contributed by atoms with Gasteiger partial charge < -0.3 is 5.32 Å². The van der Waals surface area contributed by atoms with E-state index in [1.165, 1.54) is 5.56 Å². The van der Waals surface area contributed by atoms with E-state index in [1.807, 2.05) is 42.5 Å². The van der Waals surface area contributed by atoms with Crippen LogP contribution in [-0.2, 0) is 4.79 Å². The van der Waals surface area contributed by atoms with Gasteiger partial charge in [0, 0.05) is 16.6 Å². The largest absolute Gasteiger partial charge is 0.352 e. The van der Waals surface area contributed by atoms with Crippen molar-refractivity contribution in [2.24, 2.45) is 0 Å². The van der Waals surface area contributed by atoms with Gasteiger partial charge in [-0.25, -0.2) is 0 Å². The molecule has 0 aromatic heterocycles. The van der Waals surface area contributed by atoms with Gasteiger partial charge in [0.2, 0.25) is 5.91 Å². The van der Waals surface area contributed by atoms with E-state index in [9.17, 15) is 4.79 Å². The Morgan fingerprint density at radius 2 is 1.75 bits per heavy atom. The van der Waals surface area contributed by atoms with E-state index in [2.05, 4.69) is 45.6 Å². The second-order valence-electron chi connectivity index (χ2n) is 6.31. The van der Waals surface area contributed by atoms with Gasteiger partial charge in [-0.15, -0.1) is 0 Å². The lowest BCUT2D eigenvalue weighted by Gasteiger charge is -2.25. The Balaban J connectivity index is 1.81. The van der Waals surface area contributed by atoms with E-state index >= 15 is 0 Å². The molecule has 0 heterocycles. The zero-order valence-electron chi connectivity index (χ0n) is 13.8. The fourth-order valence-corrected chi connectivity index (χ4v) is 3.09. The van der Waals surface area contributed by atoms with Gasteiger partial charge in [-0.1, -0.05) is 65.3 Å². The minimum absolute atomic E-state index is 0.0688. The third kappa shape index (κ3) is 4.46. The van der Waals surface area contributed by atoms with Crippen molar-refractivity contribution in [3.8, 4) is 0 Å². The molecule has 0 radical (unpaired) electrons. The number of benzene rings is 2. The summed E-state index contributed by atoms with van der Waals surface area (Å²) in [5.41, 5.74) is 2.20. The quantitative estimate of drug-likeness (QED) is 0.734. The van der Waals surface area contributed by atoms with Gasteiger partial charge in [-0.3, -0.25) is 10.1 Å². The maximum absolute atomic E-state index is 12.7. The zero-order chi connectivity index (χ0) is 16.9. The molecule has 2 atom stereocenters. The first-order chi connectivity index (χ1) is 11.7. The van der Waals surface area contributed by atoms with Crippen LogP contribution in [0.2, 0.25) is 0 Å². The molecule has 3 nitrogen and oxygen atoms in total. The van der Waals surface area contributed by atoms with Gasteiger partial charge in [0.05, 0.1) is 0 Å². The summed E-state index contributed by atoms with van der Waals surface area (Å²) in [4.78, 5) is 12.7. The van der Waals surface area contributed by atoms with Crippen molar-refractivity contribution in [2.45, 2.75) is 44.3 Å². The van der Waals surface area contributed by atoms with E-state index in [0.717, 1.165) is 29.3 Å². The van der Waals surface area contributed by atoms with Crippen LogP contribution in [0.25, 0.3) is 0 Å². The molecule has 0 spiro atoms. The molecule has 1 saturated carbocycles. The Bertz CT molecular complexity index is 668. The number of hydrogen-bond donors (Lipinski definition) is 2. The lowest BCUT2D eigenvalue weighted by Crippen LogP contribution is -2.40. The number of nitrogens with one attached hydrogen (secondary N) is 2. The average Bonchev–Trinajstić information content (AvgIpc) is 3.41. The minimum atomic E-state index is -0.333. The van der Waals surface area contributed by atoms with Crippen LogP contribution in [0.15, 0.2) is 59.1 Å². The molecule has 1 fully saturated rings. The zero-order valence-corrected chi connectivity index (χ0v) is 15.4. The van der Waals surface area contributed by atoms with Crippen LogP contribution in [-0.4, -0.2) is 11.9 Å². The van der Waals surface area contributed by atoms with Gasteiger partial charge in [0.25, 0.3) is 0 Å². The molecule has 24 heavy (non-hydrogen) atoms. The fourth-order valence-electron chi connectivity index (χ4n) is 2.83. The van der Waals surface area contributed by atoms with Crippen molar-refractivity contribution in [2.75, 3.05) is 0 Å². The van der Waals surface area contributed by atoms with Crippen LogP contribution in [0.1, 0.15) is 49.4 Å². The highest BCUT2D eigenvalue weighted by atomic mass is 79.9. The first-order valence-electron chi connectivity index (χ1n) is 8.54. The van der Waals surface area contributed by atoms with E-state index in [1.54, 1.807) is 0 Å². The molecule has 1 amide bonds. The van der Waals surface area contributed by atoms with Crippen LogP contribution < -0.4 is 10.6 Å². The highest BCUT2D eigenvalue weighted by molar-refractivity contribution is 9.10. The van der Waals surface area contributed by atoms with Crippen molar-refractivity contribution < 1.29 is 4.79 Å². The maximum Gasteiger partial charge on any atom is 0.241 e. The summed E-state index contributed by atoms with van der Waals surface area (Å²) >= 11 is 3.48. The van der Waals surface area contributed by atoms with Crippen LogP contribution in [0.3, 0.4) is 0 Å². The fraction of sp³-hybridized carbons (Fsp3) is 0.350. The van der Waals surface area contributed by atoms with Gasteiger partial charge in [0.1, 0.15) is 6.04 Å². The lowest BCUT2D eigenvalue weighted by atomic mass is 10.00. The Labute approximate surface area is 152 Å². The van der Waals surface area contributed by atoms with Crippen LogP contribution >= 0.6 is 15.9 Å². The van der Waals surface area contributed by atoms with Crippen molar-refractivity contribution in [1.82, 2.24) is 10.6 Å². The number of amides is 1. The molecule has 0 unspecified atom stereocenters. The summed E-state index contributed by atoms with van der Waals surface area (Å²) in [6.45, 7) is 2.14. The second-order valence-corrected chi connectivity index (χ2v) is 7.22. The summed E-state index contributed by atoms with van der Waals surface area (Å²) in [6.07, 6.45) is 3.11. The van der Waals surface area contributed by atoms with Crippen LogP contribution in [0.5, 0.6) is 0 Å². The second kappa shape index (κ2) is 7.95. The average molecular weight is 387 g/mol. The first-order valence-corrected chi connectivity index (χ1v) is 9.33. The molecule has 1 aliphatic rings. The molecule has 1 aliphatic carbocycles. The number of rotatable bonds is 7. The van der Waals surface area contributed by atoms with Crippen LogP contribution in [0, 0.1) is 0 Å². The predicted molar refractivity (Wildman–Crippen MR) is 101 cm³/mol. The highest BCUT2D eigenvalue weighted by Gasteiger charge is 2.29. The Kier molecular flexibility index (Phi) is 5.69. The topological polar surface area (TPSA) is 41.1 Å². The molecule has 3 rings (SSSR count). The van der Waals surface area contributed by atoms with Gasteiger partial charge in [-0.05, 0) is 42.5 Å². The molecule has 0 bridgehead atoms. The Morgan fingerprint density at radius 1 is 1.08 bits per heavy atom. The van der Waals surface area contributed by atoms with Gasteiger partial charge >= 0.3 is 0 Å². The smallest absolute Gasteiger partial charge is 0.241 e. The lowest BCUT2D eigenvalue weighted by molar-refractivity contribution is -0.123. The third-order valence-electron chi connectivity index (χ3n) is 4.37. The van der Waals surface area contributed by atoms with Crippen molar-refractivity contribution >= 4 is 21.8 Å². The number of halogens is 1. The molecule has 2 aromatic carbocycles. The summed E-state index contributed by atoms with van der Waals surface area (Å²) in [6, 6.07) is 18.4. The van der Waals surface area contributed by atoms with Crippen LogP contribution in [0.4, 0.5) is 0 Å². The summed E-state index contributed by atoms with van der Waals surface area (Å²) < 4.78 is 1.06. The molecule has 0 saturated heterocycles. The Hall–Kier alpha value is -1.65. The third-order valence-corrected chi connectivity index (χ3v) is 4.90. The normalized spacial score (nSPS) is 16.4. The van der Waals surface area contributed by atoms with Gasteiger partial charge in [-0.2, -0.15) is 0 Å². The minimum Gasteiger partial charge on any atom is -0.352 e. The van der Waals surface area contributed by atoms with E-state index < -0.39 is 0 Å².